The van der Waals surface area contributed by atoms with Crippen LogP contribution in [0.15, 0.2) is 36.5 Å². The lowest BCUT2D eigenvalue weighted by Crippen LogP contribution is -2.31. The SMILES string of the molecule is N#CCc1ccc(-c2cnc(N)c(-c3ccc4c(c3)CCNC4=O)n2)s1. The van der Waals surface area contributed by atoms with Gasteiger partial charge in [0.15, 0.2) is 0 Å². The minimum Gasteiger partial charge on any atom is -0.382 e. The summed E-state index contributed by atoms with van der Waals surface area (Å²) in [6.07, 6.45) is 2.81. The van der Waals surface area contributed by atoms with E-state index in [2.05, 4.69) is 16.4 Å². The molecule has 1 aliphatic rings. The molecule has 0 atom stereocenters. The smallest absolute Gasteiger partial charge is 0.251 e. The van der Waals surface area contributed by atoms with Crippen LogP contribution in [0, 0.1) is 11.3 Å². The van der Waals surface area contributed by atoms with Crippen molar-refractivity contribution in [1.82, 2.24) is 15.3 Å². The van der Waals surface area contributed by atoms with Crippen LogP contribution < -0.4 is 11.1 Å². The van der Waals surface area contributed by atoms with Crippen molar-refractivity contribution in [2.45, 2.75) is 12.8 Å². The summed E-state index contributed by atoms with van der Waals surface area (Å²) in [5, 5.41) is 11.7. The summed E-state index contributed by atoms with van der Waals surface area (Å²) in [6.45, 7) is 0.632. The number of amides is 1. The van der Waals surface area contributed by atoms with Crippen LogP contribution >= 0.6 is 11.3 Å². The maximum atomic E-state index is 11.9. The number of benzene rings is 1. The van der Waals surface area contributed by atoms with Crippen molar-refractivity contribution in [3.8, 4) is 27.9 Å². The fourth-order valence-electron chi connectivity index (χ4n) is 2.99. The molecule has 3 heterocycles. The summed E-state index contributed by atoms with van der Waals surface area (Å²) in [7, 11) is 0. The number of hydrogen-bond donors (Lipinski definition) is 2. The van der Waals surface area contributed by atoms with Gasteiger partial charge in [-0.2, -0.15) is 5.26 Å². The molecule has 4 rings (SSSR count). The van der Waals surface area contributed by atoms with Gasteiger partial charge in [0, 0.05) is 22.5 Å². The molecule has 7 heteroatoms. The first kappa shape index (κ1) is 16.2. The van der Waals surface area contributed by atoms with Crippen LogP contribution in [-0.2, 0) is 12.8 Å². The topological polar surface area (TPSA) is 105 Å². The Bertz CT molecular complexity index is 1050. The van der Waals surface area contributed by atoms with Gasteiger partial charge < -0.3 is 11.1 Å². The zero-order valence-electron chi connectivity index (χ0n) is 13.8. The number of aromatic nitrogens is 2. The zero-order valence-corrected chi connectivity index (χ0v) is 14.6. The van der Waals surface area contributed by atoms with E-state index in [0.29, 0.717) is 30.0 Å². The van der Waals surface area contributed by atoms with Crippen molar-refractivity contribution in [3.63, 3.8) is 0 Å². The Kier molecular flexibility index (Phi) is 4.11. The molecule has 0 unspecified atom stereocenters. The molecular formula is C19H15N5OS. The largest absolute Gasteiger partial charge is 0.382 e. The highest BCUT2D eigenvalue weighted by Gasteiger charge is 2.18. The summed E-state index contributed by atoms with van der Waals surface area (Å²) >= 11 is 1.52. The molecule has 6 nitrogen and oxygen atoms in total. The number of anilines is 1. The highest BCUT2D eigenvalue weighted by molar-refractivity contribution is 7.15. The maximum Gasteiger partial charge on any atom is 0.251 e. The predicted octanol–water partition coefficient (Wildman–Crippen LogP) is 2.81. The predicted molar refractivity (Wildman–Crippen MR) is 101 cm³/mol. The Morgan fingerprint density at radius 3 is 3.04 bits per heavy atom. The van der Waals surface area contributed by atoms with Crippen LogP contribution in [0.25, 0.3) is 21.8 Å². The number of nitrogen functional groups attached to an aromatic ring is 1. The molecule has 1 amide bonds. The van der Waals surface area contributed by atoms with Crippen LogP contribution in [0.4, 0.5) is 5.82 Å². The second kappa shape index (κ2) is 6.58. The summed E-state index contributed by atoms with van der Waals surface area (Å²) in [5.41, 5.74) is 9.92. The minimum absolute atomic E-state index is 0.0470. The quantitative estimate of drug-likeness (QED) is 0.746. The van der Waals surface area contributed by atoms with Gasteiger partial charge in [-0.3, -0.25) is 4.79 Å². The first-order valence-corrected chi connectivity index (χ1v) is 8.97. The van der Waals surface area contributed by atoms with E-state index >= 15 is 0 Å². The third kappa shape index (κ3) is 2.91. The van der Waals surface area contributed by atoms with Gasteiger partial charge in [0.1, 0.15) is 11.5 Å². The molecule has 1 aromatic carbocycles. The van der Waals surface area contributed by atoms with Crippen molar-refractivity contribution < 1.29 is 4.79 Å². The lowest BCUT2D eigenvalue weighted by Gasteiger charge is -2.17. The first-order valence-electron chi connectivity index (χ1n) is 8.16. The van der Waals surface area contributed by atoms with Gasteiger partial charge >= 0.3 is 0 Å². The number of fused-ring (bicyclic) bond motifs is 1. The van der Waals surface area contributed by atoms with Crippen molar-refractivity contribution in [1.29, 1.82) is 5.26 Å². The molecule has 0 bridgehead atoms. The van der Waals surface area contributed by atoms with Gasteiger partial charge in [0.25, 0.3) is 5.91 Å². The number of nitrogens with zero attached hydrogens (tertiary/aromatic N) is 3. The Morgan fingerprint density at radius 2 is 2.19 bits per heavy atom. The lowest BCUT2D eigenvalue weighted by atomic mass is 9.96. The second-order valence-electron chi connectivity index (χ2n) is 5.97. The van der Waals surface area contributed by atoms with E-state index in [9.17, 15) is 4.79 Å². The Balaban J connectivity index is 1.75. The molecule has 2 aromatic heterocycles. The Hall–Kier alpha value is -3.24. The fraction of sp³-hybridized carbons (Fsp3) is 0.158. The molecule has 0 spiro atoms. The van der Waals surface area contributed by atoms with Gasteiger partial charge in [0.2, 0.25) is 0 Å². The summed E-state index contributed by atoms with van der Waals surface area (Å²) in [6, 6.07) is 11.6. The average molecular weight is 361 g/mol. The third-order valence-corrected chi connectivity index (χ3v) is 5.38. The number of nitriles is 1. The second-order valence-corrected chi connectivity index (χ2v) is 7.14. The molecule has 0 saturated carbocycles. The van der Waals surface area contributed by atoms with Crippen molar-refractivity contribution in [2.75, 3.05) is 12.3 Å². The molecule has 0 saturated heterocycles. The number of carbonyl (C=O) groups excluding carboxylic acids is 1. The molecule has 0 fully saturated rings. The maximum absolute atomic E-state index is 11.9. The Morgan fingerprint density at radius 1 is 1.31 bits per heavy atom. The minimum atomic E-state index is -0.0470. The van der Waals surface area contributed by atoms with Crippen molar-refractivity contribution in [3.05, 3.63) is 52.5 Å². The molecule has 3 N–H and O–H groups in total. The lowest BCUT2D eigenvalue weighted by molar-refractivity contribution is 0.0946. The number of thiophene rings is 1. The number of carbonyl (C=O) groups is 1. The van der Waals surface area contributed by atoms with Gasteiger partial charge in [0.05, 0.1) is 29.3 Å². The number of nitrogens with two attached hydrogens (primary N) is 1. The standard InChI is InChI=1S/C19H15N5OS/c20-7-5-13-2-4-16(26-13)15-10-23-18(21)17(24-15)12-1-3-14-11(9-12)6-8-22-19(14)25/h1-4,9-10H,5-6,8H2,(H2,21,23)(H,22,25). The third-order valence-electron chi connectivity index (χ3n) is 4.27. The van der Waals surface area contributed by atoms with Gasteiger partial charge in [-0.25, -0.2) is 9.97 Å². The van der Waals surface area contributed by atoms with Crippen LogP contribution in [-0.4, -0.2) is 22.4 Å². The average Bonchev–Trinajstić information content (AvgIpc) is 3.11. The molecule has 128 valence electrons. The normalized spacial score (nSPS) is 13.0. The zero-order chi connectivity index (χ0) is 18.1. The number of hydrogen-bond acceptors (Lipinski definition) is 6. The summed E-state index contributed by atoms with van der Waals surface area (Å²) < 4.78 is 0. The van der Waals surface area contributed by atoms with Gasteiger partial charge in [-0.1, -0.05) is 6.07 Å². The molecule has 1 aliphatic heterocycles. The van der Waals surface area contributed by atoms with Crippen LogP contribution in [0.3, 0.4) is 0 Å². The van der Waals surface area contributed by atoms with Crippen LogP contribution in [0.5, 0.6) is 0 Å². The van der Waals surface area contributed by atoms with Gasteiger partial charge in [-0.15, -0.1) is 11.3 Å². The number of rotatable bonds is 3. The highest BCUT2D eigenvalue weighted by atomic mass is 32.1. The van der Waals surface area contributed by atoms with E-state index in [-0.39, 0.29) is 5.91 Å². The molecular weight excluding hydrogens is 346 g/mol. The van der Waals surface area contributed by atoms with E-state index in [1.165, 1.54) is 11.3 Å². The summed E-state index contributed by atoms with van der Waals surface area (Å²) in [5.74, 6) is 0.303. The molecule has 0 radical (unpaired) electrons. The van der Waals surface area contributed by atoms with E-state index in [4.69, 9.17) is 16.0 Å². The van der Waals surface area contributed by atoms with E-state index in [0.717, 1.165) is 33.0 Å². The van der Waals surface area contributed by atoms with Crippen molar-refractivity contribution in [2.24, 2.45) is 0 Å². The van der Waals surface area contributed by atoms with Crippen LogP contribution in [0.2, 0.25) is 0 Å². The van der Waals surface area contributed by atoms with Gasteiger partial charge in [-0.05, 0) is 36.2 Å². The first-order chi connectivity index (χ1) is 12.7. The summed E-state index contributed by atoms with van der Waals surface area (Å²) in [4.78, 5) is 22.8. The monoisotopic (exact) mass is 361 g/mol. The van der Waals surface area contributed by atoms with E-state index < -0.39 is 0 Å². The number of nitrogens with one attached hydrogen (secondary N) is 1. The molecule has 26 heavy (non-hydrogen) atoms. The van der Waals surface area contributed by atoms with E-state index in [1.54, 1.807) is 6.20 Å². The van der Waals surface area contributed by atoms with Crippen LogP contribution in [0.1, 0.15) is 20.8 Å². The fourth-order valence-corrected chi connectivity index (χ4v) is 3.89. The molecule has 0 aliphatic carbocycles. The van der Waals surface area contributed by atoms with E-state index in [1.807, 2.05) is 30.3 Å². The Labute approximate surface area is 154 Å². The highest BCUT2D eigenvalue weighted by Crippen LogP contribution is 2.31. The molecule has 3 aromatic rings. The van der Waals surface area contributed by atoms with Crippen molar-refractivity contribution >= 4 is 23.1 Å².